The standard InChI is InChI=1S/C18H15ClF5O5P/c1-9(2)27-12(25)7-8-30(26,28-11-5-3-10(19)4-6-11)29-18-16(23)14(21)13(20)15(22)17(18)24/h3-6,9H,7-8H2,1-2H3. The monoisotopic (exact) mass is 472 g/mol. The molecule has 5 nitrogen and oxygen atoms in total. The van der Waals surface area contributed by atoms with Gasteiger partial charge in [-0.15, -0.1) is 0 Å². The lowest BCUT2D eigenvalue weighted by Crippen LogP contribution is -2.16. The molecule has 2 rings (SSSR count). The fraction of sp³-hybridized carbons (Fsp3) is 0.278. The summed E-state index contributed by atoms with van der Waals surface area (Å²) >= 11 is 5.72. The molecule has 0 radical (unpaired) electrons. The lowest BCUT2D eigenvalue weighted by molar-refractivity contribution is -0.146. The number of esters is 1. The fourth-order valence-corrected chi connectivity index (χ4v) is 3.80. The second-order valence-corrected chi connectivity index (χ2v) is 8.63. The van der Waals surface area contributed by atoms with Gasteiger partial charge >= 0.3 is 13.6 Å². The first-order chi connectivity index (χ1) is 13.9. The van der Waals surface area contributed by atoms with E-state index < -0.39 is 67.1 Å². The van der Waals surface area contributed by atoms with E-state index in [2.05, 4.69) is 4.52 Å². The molecule has 12 heteroatoms. The normalized spacial score (nSPS) is 13.1. The van der Waals surface area contributed by atoms with Crippen molar-refractivity contribution in [3.63, 3.8) is 0 Å². The number of carbonyl (C=O) groups excluding carboxylic acids is 1. The van der Waals surface area contributed by atoms with Gasteiger partial charge in [0.05, 0.1) is 18.7 Å². The van der Waals surface area contributed by atoms with Crippen molar-refractivity contribution in [2.45, 2.75) is 26.4 Å². The predicted molar refractivity (Wildman–Crippen MR) is 97.3 cm³/mol. The third-order valence-electron chi connectivity index (χ3n) is 3.41. The van der Waals surface area contributed by atoms with Crippen molar-refractivity contribution in [3.05, 3.63) is 58.4 Å². The predicted octanol–water partition coefficient (Wildman–Crippen LogP) is 6.03. The molecule has 0 N–H and O–H groups in total. The lowest BCUT2D eigenvalue weighted by Gasteiger charge is -2.21. The molecular formula is C18H15ClF5O5P. The molecule has 0 saturated carbocycles. The molecule has 0 heterocycles. The number of hydrogen-bond acceptors (Lipinski definition) is 5. The van der Waals surface area contributed by atoms with Crippen LogP contribution in [0.4, 0.5) is 22.0 Å². The van der Waals surface area contributed by atoms with E-state index in [1.165, 1.54) is 24.3 Å². The van der Waals surface area contributed by atoms with Crippen LogP contribution in [-0.4, -0.2) is 18.2 Å². The summed E-state index contributed by atoms with van der Waals surface area (Å²) in [5, 5.41) is 0.276. The Morgan fingerprint density at radius 2 is 1.43 bits per heavy atom. The first-order valence-corrected chi connectivity index (χ1v) is 10.5. The summed E-state index contributed by atoms with van der Waals surface area (Å²) in [5.74, 6) is -14.4. The fourth-order valence-electron chi connectivity index (χ4n) is 2.12. The smallest absolute Gasteiger partial charge is 0.431 e. The molecule has 0 bridgehead atoms. The highest BCUT2D eigenvalue weighted by molar-refractivity contribution is 7.54. The summed E-state index contributed by atoms with van der Waals surface area (Å²) in [6, 6.07) is 5.10. The number of benzene rings is 2. The van der Waals surface area contributed by atoms with Crippen LogP contribution in [0.25, 0.3) is 0 Å². The van der Waals surface area contributed by atoms with Gasteiger partial charge in [-0.05, 0) is 38.1 Å². The first kappa shape index (κ1) is 24.0. The van der Waals surface area contributed by atoms with E-state index in [1.807, 2.05) is 0 Å². The van der Waals surface area contributed by atoms with Gasteiger partial charge in [0.1, 0.15) is 5.75 Å². The minimum atomic E-state index is -4.66. The van der Waals surface area contributed by atoms with Gasteiger partial charge in [0.15, 0.2) is 0 Å². The van der Waals surface area contributed by atoms with Crippen LogP contribution < -0.4 is 9.05 Å². The summed E-state index contributed by atoms with van der Waals surface area (Å²) in [5.41, 5.74) is 0. The molecule has 0 spiro atoms. The number of carbonyl (C=O) groups is 1. The number of hydrogen-bond donors (Lipinski definition) is 0. The van der Waals surface area contributed by atoms with Crippen LogP contribution in [0.1, 0.15) is 20.3 Å². The molecule has 1 atom stereocenters. The van der Waals surface area contributed by atoms with Crippen LogP contribution in [0.15, 0.2) is 24.3 Å². The Morgan fingerprint density at radius 3 is 1.93 bits per heavy atom. The molecule has 0 saturated heterocycles. The van der Waals surface area contributed by atoms with Crippen molar-refractivity contribution in [1.29, 1.82) is 0 Å². The molecule has 0 fully saturated rings. The maximum absolute atomic E-state index is 14.0. The Balaban J connectivity index is 2.39. The van der Waals surface area contributed by atoms with E-state index in [4.69, 9.17) is 20.9 Å². The van der Waals surface area contributed by atoms with E-state index >= 15 is 0 Å². The van der Waals surface area contributed by atoms with Crippen molar-refractivity contribution < 1.29 is 45.1 Å². The van der Waals surface area contributed by atoms with Gasteiger partial charge in [0.25, 0.3) is 0 Å². The van der Waals surface area contributed by atoms with Crippen LogP contribution in [0, 0.1) is 29.1 Å². The van der Waals surface area contributed by atoms with Crippen molar-refractivity contribution in [2.75, 3.05) is 6.16 Å². The number of ether oxygens (including phenoxy) is 1. The third-order valence-corrected chi connectivity index (χ3v) is 5.39. The van der Waals surface area contributed by atoms with Gasteiger partial charge in [0, 0.05) is 5.02 Å². The van der Waals surface area contributed by atoms with E-state index in [1.54, 1.807) is 13.8 Å². The SMILES string of the molecule is CC(C)OC(=O)CCP(=O)(Oc1ccc(Cl)cc1)Oc1c(F)c(F)c(F)c(F)c1F. The van der Waals surface area contributed by atoms with Crippen LogP contribution >= 0.6 is 19.2 Å². The molecule has 0 aromatic heterocycles. The highest BCUT2D eigenvalue weighted by atomic mass is 35.5. The summed E-state index contributed by atoms with van der Waals surface area (Å²) in [7, 11) is -4.66. The second-order valence-electron chi connectivity index (χ2n) is 6.16. The zero-order valence-electron chi connectivity index (χ0n) is 15.6. The minimum absolute atomic E-state index is 0.149. The molecule has 30 heavy (non-hydrogen) atoms. The van der Waals surface area contributed by atoms with E-state index in [9.17, 15) is 31.3 Å². The first-order valence-electron chi connectivity index (χ1n) is 8.38. The summed E-state index contributed by atoms with van der Waals surface area (Å²) < 4.78 is 95.8. The summed E-state index contributed by atoms with van der Waals surface area (Å²) in [4.78, 5) is 11.7. The van der Waals surface area contributed by atoms with Crippen LogP contribution in [-0.2, 0) is 14.1 Å². The maximum atomic E-state index is 14.0. The van der Waals surface area contributed by atoms with Gasteiger partial charge in [-0.3, -0.25) is 4.79 Å². The van der Waals surface area contributed by atoms with Crippen molar-refractivity contribution in [1.82, 2.24) is 0 Å². The molecule has 2 aromatic rings. The van der Waals surface area contributed by atoms with E-state index in [-0.39, 0.29) is 10.8 Å². The van der Waals surface area contributed by atoms with Gasteiger partial charge in [0.2, 0.25) is 34.8 Å². The van der Waals surface area contributed by atoms with E-state index in [0.29, 0.717) is 0 Å². The molecular weight excluding hydrogens is 458 g/mol. The topological polar surface area (TPSA) is 61.8 Å². The largest absolute Gasteiger partial charge is 0.463 e. The van der Waals surface area contributed by atoms with Crippen molar-refractivity contribution in [2.24, 2.45) is 0 Å². The quantitative estimate of drug-likeness (QED) is 0.154. The Bertz CT molecular complexity index is 955. The highest BCUT2D eigenvalue weighted by Crippen LogP contribution is 2.51. The molecule has 0 aliphatic carbocycles. The number of halogens is 6. The van der Waals surface area contributed by atoms with Gasteiger partial charge in [-0.2, -0.15) is 8.78 Å². The Hall–Kier alpha value is -2.32. The molecule has 0 aliphatic heterocycles. The van der Waals surface area contributed by atoms with Crippen molar-refractivity contribution in [3.8, 4) is 11.5 Å². The Morgan fingerprint density at radius 1 is 0.933 bits per heavy atom. The summed E-state index contributed by atoms with van der Waals surface area (Å²) in [6.45, 7) is 3.10. The Labute approximate surface area is 173 Å². The third kappa shape index (κ3) is 5.86. The number of rotatable bonds is 8. The average Bonchev–Trinajstić information content (AvgIpc) is 2.68. The van der Waals surface area contributed by atoms with Crippen LogP contribution in [0.5, 0.6) is 11.5 Å². The van der Waals surface area contributed by atoms with Crippen molar-refractivity contribution >= 4 is 25.2 Å². The molecule has 0 amide bonds. The van der Waals surface area contributed by atoms with E-state index in [0.717, 1.165) is 0 Å². The zero-order chi connectivity index (χ0) is 22.6. The average molecular weight is 473 g/mol. The Kier molecular flexibility index (Phi) is 7.71. The summed E-state index contributed by atoms with van der Waals surface area (Å²) in [6.07, 6.45) is -1.87. The van der Waals surface area contributed by atoms with Gasteiger partial charge < -0.3 is 13.8 Å². The lowest BCUT2D eigenvalue weighted by atomic mass is 10.3. The second kappa shape index (κ2) is 9.66. The zero-order valence-corrected chi connectivity index (χ0v) is 17.2. The molecule has 1 unspecified atom stereocenters. The maximum Gasteiger partial charge on any atom is 0.431 e. The highest BCUT2D eigenvalue weighted by Gasteiger charge is 2.36. The van der Waals surface area contributed by atoms with Gasteiger partial charge in [-0.25, -0.2) is 17.7 Å². The minimum Gasteiger partial charge on any atom is -0.463 e. The molecule has 0 aliphatic rings. The van der Waals surface area contributed by atoms with Crippen LogP contribution in [0.2, 0.25) is 5.02 Å². The molecule has 164 valence electrons. The van der Waals surface area contributed by atoms with Gasteiger partial charge in [-0.1, -0.05) is 11.6 Å². The molecule has 2 aromatic carbocycles. The van der Waals surface area contributed by atoms with Crippen LogP contribution in [0.3, 0.4) is 0 Å².